The number of carbonyl (C=O) groups excluding carboxylic acids is 1. The number of ether oxygens (including phenoxy) is 1. The van der Waals surface area contributed by atoms with Crippen LogP contribution in [0.4, 0.5) is 0 Å². The van der Waals surface area contributed by atoms with Gasteiger partial charge in [0.1, 0.15) is 5.82 Å². The van der Waals surface area contributed by atoms with Gasteiger partial charge in [0.25, 0.3) is 0 Å². The fraction of sp³-hybridized carbons (Fsp3) is 0.611. The molecular formula is C18H27N5O2. The fourth-order valence-corrected chi connectivity index (χ4v) is 3.46. The molecule has 0 N–H and O–H groups in total. The van der Waals surface area contributed by atoms with Crippen molar-refractivity contribution in [1.29, 1.82) is 0 Å². The van der Waals surface area contributed by atoms with E-state index in [9.17, 15) is 4.79 Å². The number of aryl methyl sites for hydroxylation is 2. The minimum Gasteiger partial charge on any atom is -0.383 e. The van der Waals surface area contributed by atoms with E-state index in [1.165, 1.54) is 0 Å². The molecule has 1 amide bonds. The van der Waals surface area contributed by atoms with Crippen LogP contribution >= 0.6 is 0 Å². The number of piperidine rings is 1. The summed E-state index contributed by atoms with van der Waals surface area (Å²) in [6.45, 7) is 3.15. The Bertz CT molecular complexity index is 685. The van der Waals surface area contributed by atoms with Gasteiger partial charge in [-0.1, -0.05) is 0 Å². The molecular weight excluding hydrogens is 318 g/mol. The number of imidazole rings is 1. The molecule has 3 rings (SSSR count). The first-order valence-corrected chi connectivity index (χ1v) is 8.92. The molecule has 0 radical (unpaired) electrons. The number of methoxy groups -OCH3 is 1. The molecule has 0 atom stereocenters. The van der Waals surface area contributed by atoms with Crippen molar-refractivity contribution in [1.82, 2.24) is 24.2 Å². The second-order valence-corrected chi connectivity index (χ2v) is 6.65. The molecule has 7 nitrogen and oxygen atoms in total. The summed E-state index contributed by atoms with van der Waals surface area (Å²) in [5.41, 5.74) is 1.12. The Morgan fingerprint density at radius 1 is 1.36 bits per heavy atom. The van der Waals surface area contributed by atoms with Gasteiger partial charge in [-0.2, -0.15) is 5.10 Å². The Hall–Kier alpha value is -2.15. The van der Waals surface area contributed by atoms with E-state index >= 15 is 0 Å². The molecule has 1 aliphatic rings. The minimum absolute atomic E-state index is 0.241. The molecule has 0 unspecified atom stereocenters. The van der Waals surface area contributed by atoms with E-state index < -0.39 is 0 Å². The van der Waals surface area contributed by atoms with E-state index in [2.05, 4.69) is 14.6 Å². The number of likely N-dealkylation sites (tertiary alicyclic amines) is 1. The van der Waals surface area contributed by atoms with Crippen LogP contribution in [0.1, 0.15) is 36.6 Å². The average molecular weight is 345 g/mol. The number of carbonyl (C=O) groups is 1. The summed E-state index contributed by atoms with van der Waals surface area (Å²) in [7, 11) is 3.61. The quantitative estimate of drug-likeness (QED) is 0.765. The van der Waals surface area contributed by atoms with Gasteiger partial charge in [-0.15, -0.1) is 0 Å². The Morgan fingerprint density at radius 2 is 2.16 bits per heavy atom. The number of hydrogen-bond donors (Lipinski definition) is 0. The van der Waals surface area contributed by atoms with Crippen LogP contribution in [-0.2, 0) is 29.5 Å². The van der Waals surface area contributed by atoms with E-state index in [1.54, 1.807) is 11.8 Å². The molecule has 0 aliphatic carbocycles. The normalized spacial score (nSPS) is 15.7. The van der Waals surface area contributed by atoms with Crippen molar-refractivity contribution < 1.29 is 9.53 Å². The Kier molecular flexibility index (Phi) is 5.86. The van der Waals surface area contributed by atoms with Crippen molar-refractivity contribution in [3.05, 3.63) is 36.2 Å². The van der Waals surface area contributed by atoms with Gasteiger partial charge in [0, 0.05) is 64.7 Å². The van der Waals surface area contributed by atoms with Crippen LogP contribution in [0.3, 0.4) is 0 Å². The number of nitrogens with zero attached hydrogens (tertiary/aromatic N) is 5. The first kappa shape index (κ1) is 17.7. The molecule has 0 saturated carbocycles. The summed E-state index contributed by atoms with van der Waals surface area (Å²) in [4.78, 5) is 19.0. The lowest BCUT2D eigenvalue weighted by Gasteiger charge is -2.32. The molecule has 3 heterocycles. The zero-order chi connectivity index (χ0) is 17.6. The van der Waals surface area contributed by atoms with Crippen molar-refractivity contribution in [3.63, 3.8) is 0 Å². The minimum atomic E-state index is 0.241. The maximum atomic E-state index is 12.4. The number of rotatable bonds is 7. The van der Waals surface area contributed by atoms with Crippen LogP contribution < -0.4 is 0 Å². The predicted octanol–water partition coefficient (Wildman–Crippen LogP) is 1.60. The zero-order valence-corrected chi connectivity index (χ0v) is 15.1. The highest BCUT2D eigenvalue weighted by Gasteiger charge is 2.26. The van der Waals surface area contributed by atoms with Gasteiger partial charge in [-0.05, 0) is 24.8 Å². The topological polar surface area (TPSA) is 65.2 Å². The fourth-order valence-electron chi connectivity index (χ4n) is 3.46. The van der Waals surface area contributed by atoms with Crippen molar-refractivity contribution in [3.8, 4) is 0 Å². The Labute approximate surface area is 148 Å². The summed E-state index contributed by atoms with van der Waals surface area (Å²) in [5.74, 6) is 1.79. The maximum absolute atomic E-state index is 12.4. The summed E-state index contributed by atoms with van der Waals surface area (Å²) < 4.78 is 9.11. The summed E-state index contributed by atoms with van der Waals surface area (Å²) in [6, 6.07) is 0. The first-order valence-electron chi connectivity index (χ1n) is 8.92. The molecule has 7 heteroatoms. The van der Waals surface area contributed by atoms with Gasteiger partial charge >= 0.3 is 0 Å². The monoisotopic (exact) mass is 345 g/mol. The third kappa shape index (κ3) is 4.48. The summed E-state index contributed by atoms with van der Waals surface area (Å²) in [6.07, 6.45) is 10.9. The van der Waals surface area contributed by atoms with E-state index in [4.69, 9.17) is 4.74 Å². The van der Waals surface area contributed by atoms with Crippen molar-refractivity contribution in [2.24, 2.45) is 7.05 Å². The van der Waals surface area contributed by atoms with Crippen LogP contribution in [0, 0.1) is 0 Å². The van der Waals surface area contributed by atoms with E-state index in [-0.39, 0.29) is 5.91 Å². The molecule has 0 aromatic carbocycles. The van der Waals surface area contributed by atoms with Crippen LogP contribution in [0.5, 0.6) is 0 Å². The summed E-state index contributed by atoms with van der Waals surface area (Å²) in [5, 5.41) is 4.15. The molecule has 0 spiro atoms. The van der Waals surface area contributed by atoms with E-state index in [0.29, 0.717) is 18.9 Å². The molecule has 136 valence electrons. The van der Waals surface area contributed by atoms with Gasteiger partial charge in [0.05, 0.1) is 12.8 Å². The second kappa shape index (κ2) is 8.29. The van der Waals surface area contributed by atoms with E-state index in [0.717, 1.165) is 50.3 Å². The van der Waals surface area contributed by atoms with Crippen molar-refractivity contribution in [2.75, 3.05) is 26.8 Å². The van der Waals surface area contributed by atoms with Crippen LogP contribution in [0.2, 0.25) is 0 Å². The maximum Gasteiger partial charge on any atom is 0.222 e. The first-order chi connectivity index (χ1) is 12.2. The lowest BCUT2D eigenvalue weighted by atomic mass is 9.95. The van der Waals surface area contributed by atoms with Crippen LogP contribution in [-0.4, -0.2) is 56.9 Å². The number of hydrogen-bond acceptors (Lipinski definition) is 4. The highest BCUT2D eigenvalue weighted by molar-refractivity contribution is 5.76. The SMILES string of the molecule is COCCn1ccnc1C1CCN(C(=O)CCc2cnn(C)c2)CC1. The Balaban J connectivity index is 1.48. The molecule has 2 aromatic rings. The van der Waals surface area contributed by atoms with Crippen LogP contribution in [0.15, 0.2) is 24.8 Å². The lowest BCUT2D eigenvalue weighted by Crippen LogP contribution is -2.38. The molecule has 1 saturated heterocycles. The van der Waals surface area contributed by atoms with Crippen molar-refractivity contribution >= 4 is 5.91 Å². The second-order valence-electron chi connectivity index (χ2n) is 6.65. The molecule has 1 fully saturated rings. The highest BCUT2D eigenvalue weighted by Crippen LogP contribution is 2.27. The smallest absolute Gasteiger partial charge is 0.222 e. The lowest BCUT2D eigenvalue weighted by molar-refractivity contribution is -0.132. The van der Waals surface area contributed by atoms with Gasteiger partial charge in [0.15, 0.2) is 0 Å². The largest absolute Gasteiger partial charge is 0.383 e. The van der Waals surface area contributed by atoms with E-state index in [1.807, 2.05) is 36.7 Å². The molecule has 1 aliphatic heterocycles. The molecule has 2 aromatic heterocycles. The zero-order valence-electron chi connectivity index (χ0n) is 15.1. The van der Waals surface area contributed by atoms with Gasteiger partial charge in [0.2, 0.25) is 5.91 Å². The predicted molar refractivity (Wildman–Crippen MR) is 94.2 cm³/mol. The van der Waals surface area contributed by atoms with Gasteiger partial charge < -0.3 is 14.2 Å². The van der Waals surface area contributed by atoms with Gasteiger partial charge in [-0.25, -0.2) is 4.98 Å². The standard InChI is InChI=1S/C18H27N5O2/c1-21-14-15(13-20-21)3-4-17(24)22-8-5-16(6-9-22)18-19-7-10-23(18)11-12-25-2/h7,10,13-14,16H,3-6,8-9,11-12H2,1-2H3. The molecule has 25 heavy (non-hydrogen) atoms. The van der Waals surface area contributed by atoms with Crippen molar-refractivity contribution in [2.45, 2.75) is 38.1 Å². The third-order valence-corrected chi connectivity index (χ3v) is 4.88. The summed E-state index contributed by atoms with van der Waals surface area (Å²) >= 11 is 0. The third-order valence-electron chi connectivity index (χ3n) is 4.88. The average Bonchev–Trinajstić information content (AvgIpc) is 3.26. The highest BCUT2D eigenvalue weighted by atomic mass is 16.5. The van der Waals surface area contributed by atoms with Gasteiger partial charge in [-0.3, -0.25) is 9.48 Å². The molecule has 0 bridgehead atoms. The van der Waals surface area contributed by atoms with Crippen LogP contribution in [0.25, 0.3) is 0 Å². The number of aromatic nitrogens is 4. The Morgan fingerprint density at radius 3 is 2.84 bits per heavy atom. The number of amides is 1.